The molecule has 2 heterocycles. The van der Waals surface area contributed by atoms with Crippen LogP contribution in [0.1, 0.15) is 36.1 Å². The summed E-state index contributed by atoms with van der Waals surface area (Å²) in [7, 11) is 5.75. The van der Waals surface area contributed by atoms with Gasteiger partial charge in [0, 0.05) is 38.3 Å². The molecule has 4 rings (SSSR count). The second-order valence-corrected chi connectivity index (χ2v) is 10.2. The Hall–Kier alpha value is -4.17. The van der Waals surface area contributed by atoms with Gasteiger partial charge in [0.15, 0.2) is 5.82 Å². The lowest BCUT2D eigenvalue weighted by molar-refractivity contribution is -0.127. The van der Waals surface area contributed by atoms with Crippen LogP contribution >= 0.6 is 0 Å². The number of ether oxygens (including phenoxy) is 1. The topological polar surface area (TPSA) is 83.3 Å². The lowest BCUT2D eigenvalue weighted by Gasteiger charge is -2.31. The number of para-hydroxylation sites is 1. The van der Waals surface area contributed by atoms with E-state index in [1.165, 1.54) is 0 Å². The molecule has 1 aliphatic heterocycles. The molecule has 1 fully saturated rings. The third-order valence-corrected chi connectivity index (χ3v) is 7.07. The Balaban J connectivity index is 1.42. The van der Waals surface area contributed by atoms with E-state index in [2.05, 4.69) is 26.7 Å². The van der Waals surface area contributed by atoms with Crippen LogP contribution in [-0.4, -0.2) is 78.9 Å². The van der Waals surface area contributed by atoms with Crippen LogP contribution in [0.15, 0.2) is 83.1 Å². The maximum Gasteiger partial charge on any atom is 0.246 e. The van der Waals surface area contributed by atoms with Crippen molar-refractivity contribution >= 4 is 24.2 Å². The van der Waals surface area contributed by atoms with Crippen molar-refractivity contribution in [2.45, 2.75) is 25.7 Å². The summed E-state index contributed by atoms with van der Waals surface area (Å²) in [6.07, 6.45) is 8.89. The molecule has 0 unspecified atom stereocenters. The molecule has 0 spiro atoms. The lowest BCUT2D eigenvalue weighted by Crippen LogP contribution is -2.37. The summed E-state index contributed by atoms with van der Waals surface area (Å²) in [5.74, 6) is 2.68. The van der Waals surface area contributed by atoms with Crippen LogP contribution < -0.4 is 4.74 Å². The van der Waals surface area contributed by atoms with Gasteiger partial charge < -0.3 is 14.5 Å². The molecule has 0 radical (unpaired) electrons. The van der Waals surface area contributed by atoms with Gasteiger partial charge in [0.25, 0.3) is 0 Å². The van der Waals surface area contributed by atoms with Crippen LogP contribution in [0, 0.1) is 5.92 Å². The number of nitrogens with zero attached hydrogens (tertiary/aromatic N) is 6. The first-order chi connectivity index (χ1) is 19.5. The van der Waals surface area contributed by atoms with Gasteiger partial charge in [-0.1, -0.05) is 24.3 Å². The van der Waals surface area contributed by atoms with Crippen LogP contribution in [0.2, 0.25) is 0 Å². The van der Waals surface area contributed by atoms with Gasteiger partial charge in [-0.25, -0.2) is 15.0 Å². The first kappa shape index (κ1) is 28.8. The van der Waals surface area contributed by atoms with Gasteiger partial charge in [-0.05, 0) is 88.8 Å². The number of rotatable bonds is 11. The van der Waals surface area contributed by atoms with Crippen molar-refractivity contribution in [3.05, 3.63) is 89.9 Å². The summed E-state index contributed by atoms with van der Waals surface area (Å²) < 4.78 is 5.95. The molecule has 8 nitrogen and oxygen atoms in total. The molecule has 1 aromatic heterocycles. The quantitative estimate of drug-likeness (QED) is 0.243. The molecule has 0 N–H and O–H groups in total. The fraction of sp³-hybridized carbons (Fsp3) is 0.344. The summed E-state index contributed by atoms with van der Waals surface area (Å²) in [5.41, 5.74) is 3.43. The van der Waals surface area contributed by atoms with Crippen molar-refractivity contribution in [3.63, 3.8) is 0 Å². The zero-order valence-corrected chi connectivity index (χ0v) is 23.7. The highest BCUT2D eigenvalue weighted by atomic mass is 16.5. The van der Waals surface area contributed by atoms with E-state index in [0.717, 1.165) is 79.3 Å². The number of carbonyl (C=O) groups is 1. The molecule has 1 saturated heterocycles. The maximum atomic E-state index is 12.5. The van der Waals surface area contributed by atoms with Crippen LogP contribution in [0.3, 0.4) is 0 Å². The first-order valence-corrected chi connectivity index (χ1v) is 13.7. The summed E-state index contributed by atoms with van der Waals surface area (Å²) in [5, 5.41) is 0. The average molecular weight is 539 g/mol. The minimum atomic E-state index is 0.101. The number of aryl methyl sites for hydroxylation is 1. The van der Waals surface area contributed by atoms with E-state index >= 15 is 0 Å². The number of aromatic nitrogens is 2. The molecule has 1 amide bonds. The molecular weight excluding hydrogens is 500 g/mol. The van der Waals surface area contributed by atoms with E-state index in [-0.39, 0.29) is 5.91 Å². The van der Waals surface area contributed by atoms with E-state index in [0.29, 0.717) is 11.7 Å². The Morgan fingerprint density at radius 2 is 1.77 bits per heavy atom. The van der Waals surface area contributed by atoms with Crippen molar-refractivity contribution in [1.82, 2.24) is 19.8 Å². The third kappa shape index (κ3) is 7.70. The molecule has 0 atom stereocenters. The largest absolute Gasteiger partial charge is 0.457 e. The highest BCUT2D eigenvalue weighted by Gasteiger charge is 2.23. The number of piperidine rings is 1. The van der Waals surface area contributed by atoms with Crippen LogP contribution in [0.25, 0.3) is 0 Å². The summed E-state index contributed by atoms with van der Waals surface area (Å²) >= 11 is 0. The zero-order valence-electron chi connectivity index (χ0n) is 23.7. The fourth-order valence-electron chi connectivity index (χ4n) is 4.91. The molecule has 3 aromatic rings. The molecule has 0 aliphatic carbocycles. The van der Waals surface area contributed by atoms with Crippen LogP contribution in [-0.2, 0) is 11.2 Å². The lowest BCUT2D eigenvalue weighted by atomic mass is 9.90. The smallest absolute Gasteiger partial charge is 0.246 e. The minimum Gasteiger partial charge on any atom is -0.457 e. The minimum absolute atomic E-state index is 0.101. The van der Waals surface area contributed by atoms with Crippen molar-refractivity contribution in [2.75, 3.05) is 40.8 Å². The average Bonchev–Trinajstić information content (AvgIpc) is 2.98. The van der Waals surface area contributed by atoms with E-state index in [1.54, 1.807) is 19.5 Å². The van der Waals surface area contributed by atoms with Gasteiger partial charge in [0.05, 0.1) is 17.0 Å². The first-order valence-electron chi connectivity index (χ1n) is 13.7. The number of carbonyl (C=O) groups excluding carboxylic acids is 1. The highest BCUT2D eigenvalue weighted by Crippen LogP contribution is 2.28. The predicted molar refractivity (Wildman–Crippen MR) is 161 cm³/mol. The van der Waals surface area contributed by atoms with E-state index in [4.69, 9.17) is 4.74 Å². The van der Waals surface area contributed by atoms with Gasteiger partial charge >= 0.3 is 0 Å². The van der Waals surface area contributed by atoms with Crippen molar-refractivity contribution in [2.24, 2.45) is 15.9 Å². The number of hydrogen-bond acceptors (Lipinski definition) is 7. The van der Waals surface area contributed by atoms with Gasteiger partial charge in [0.1, 0.15) is 17.8 Å². The molecule has 0 saturated carbocycles. The zero-order chi connectivity index (χ0) is 28.3. The summed E-state index contributed by atoms with van der Waals surface area (Å²) in [4.78, 5) is 34.3. The Morgan fingerprint density at radius 3 is 2.42 bits per heavy atom. The Kier molecular flexibility index (Phi) is 10.3. The molecule has 2 aromatic carbocycles. The number of hydrogen-bond donors (Lipinski definition) is 0. The van der Waals surface area contributed by atoms with E-state index < -0.39 is 0 Å². The van der Waals surface area contributed by atoms with Gasteiger partial charge in [-0.15, -0.1) is 0 Å². The van der Waals surface area contributed by atoms with Crippen LogP contribution in [0.5, 0.6) is 11.5 Å². The number of benzene rings is 2. The normalized spacial score (nSPS) is 14.6. The third-order valence-electron chi connectivity index (χ3n) is 7.07. The van der Waals surface area contributed by atoms with Gasteiger partial charge in [0.2, 0.25) is 5.91 Å². The molecule has 40 heavy (non-hydrogen) atoms. The number of likely N-dealkylation sites (tertiary alicyclic amines) is 1. The maximum absolute atomic E-state index is 12.5. The SMILES string of the molecule is C=Nc1ncnc(CCC2CCN(C(=O)/C=C/CN(C)C)CC2)c1C(=NC)c1ccc(Oc2ccccc2)cc1. The van der Waals surface area contributed by atoms with Crippen molar-refractivity contribution in [1.29, 1.82) is 0 Å². The van der Waals surface area contributed by atoms with Crippen molar-refractivity contribution < 1.29 is 9.53 Å². The molecule has 1 aliphatic rings. The molecule has 0 bridgehead atoms. The van der Waals surface area contributed by atoms with Crippen LogP contribution in [0.4, 0.5) is 5.82 Å². The highest BCUT2D eigenvalue weighted by molar-refractivity contribution is 6.16. The molecule has 8 heteroatoms. The number of aliphatic imine (C=N–C) groups is 2. The number of amides is 1. The summed E-state index contributed by atoms with van der Waals surface area (Å²) in [6, 6.07) is 17.5. The Labute approximate surface area is 237 Å². The number of likely N-dealkylation sites (N-methyl/N-ethyl adjacent to an activating group) is 1. The molecular formula is C32H38N6O2. The Bertz CT molecular complexity index is 1330. The monoisotopic (exact) mass is 538 g/mol. The second kappa shape index (κ2) is 14.3. The standard InChI is InChI=1S/C32H38N6O2/c1-33-31(25-13-15-27(16-14-25)40-26-9-6-5-7-10-26)30-28(35-23-36-32(30)34-2)17-12-24-18-21-38(22-19-24)29(39)11-8-20-37(3)4/h5-11,13-16,23-24H,2,12,17-22H2,1,3-4H3/b11-8+,33-31?. The van der Waals surface area contributed by atoms with Crippen molar-refractivity contribution in [3.8, 4) is 11.5 Å². The van der Waals surface area contributed by atoms with E-state index in [1.807, 2.05) is 84.6 Å². The van der Waals surface area contributed by atoms with Gasteiger partial charge in [-0.2, -0.15) is 0 Å². The summed E-state index contributed by atoms with van der Waals surface area (Å²) in [6.45, 7) is 6.08. The fourth-order valence-corrected chi connectivity index (χ4v) is 4.91. The predicted octanol–water partition coefficient (Wildman–Crippen LogP) is 5.36. The molecule has 208 valence electrons. The Morgan fingerprint density at radius 1 is 1.07 bits per heavy atom. The second-order valence-electron chi connectivity index (χ2n) is 10.2. The van der Waals surface area contributed by atoms with E-state index in [9.17, 15) is 4.79 Å². The van der Waals surface area contributed by atoms with Gasteiger partial charge in [-0.3, -0.25) is 9.79 Å².